The van der Waals surface area contributed by atoms with Crippen molar-refractivity contribution in [3.8, 4) is 0 Å². The average molecular weight is 280 g/mol. The van der Waals surface area contributed by atoms with Gasteiger partial charge in [-0.25, -0.2) is 15.4 Å². The van der Waals surface area contributed by atoms with Crippen molar-refractivity contribution in [2.75, 3.05) is 13.2 Å². The van der Waals surface area contributed by atoms with Gasteiger partial charge >= 0.3 is 11.9 Å². The van der Waals surface area contributed by atoms with Crippen LogP contribution in [0.3, 0.4) is 0 Å². The molecular weight excluding hydrogens is 264 g/mol. The molecule has 0 radical (unpaired) electrons. The van der Waals surface area contributed by atoms with Crippen molar-refractivity contribution in [1.82, 2.24) is 5.43 Å². The molecule has 7 heteroatoms. The first-order chi connectivity index (χ1) is 9.53. The molecular formula is C13H16N2O5. The minimum absolute atomic E-state index is 0.0705. The molecule has 0 saturated carbocycles. The van der Waals surface area contributed by atoms with Crippen molar-refractivity contribution in [2.24, 2.45) is 5.84 Å². The van der Waals surface area contributed by atoms with Crippen LogP contribution in [0.25, 0.3) is 0 Å². The van der Waals surface area contributed by atoms with Crippen LogP contribution in [0.1, 0.15) is 44.9 Å². The smallest absolute Gasteiger partial charge is 0.338 e. The van der Waals surface area contributed by atoms with E-state index in [-0.39, 0.29) is 29.9 Å². The standard InChI is InChI=1S/C13H16N2O5/c1-3-19-12(17)9-5-8(11(16)15-14)6-10(7-9)13(18)20-4-2/h5-7H,3-4,14H2,1-2H3,(H,15,16). The van der Waals surface area contributed by atoms with Gasteiger partial charge in [0.25, 0.3) is 5.91 Å². The van der Waals surface area contributed by atoms with E-state index in [1.54, 1.807) is 13.8 Å². The molecule has 0 aliphatic rings. The van der Waals surface area contributed by atoms with Gasteiger partial charge in [-0.3, -0.25) is 10.2 Å². The number of carbonyl (C=O) groups is 3. The number of hydrazine groups is 1. The summed E-state index contributed by atoms with van der Waals surface area (Å²) in [6.45, 7) is 3.67. The molecule has 0 spiro atoms. The van der Waals surface area contributed by atoms with Gasteiger partial charge in [0.05, 0.1) is 24.3 Å². The number of hydrogen-bond donors (Lipinski definition) is 2. The number of benzene rings is 1. The van der Waals surface area contributed by atoms with Crippen molar-refractivity contribution in [2.45, 2.75) is 13.8 Å². The number of nitrogens with one attached hydrogen (secondary N) is 1. The van der Waals surface area contributed by atoms with Gasteiger partial charge in [0, 0.05) is 5.56 Å². The maximum Gasteiger partial charge on any atom is 0.338 e. The predicted octanol–water partition coefficient (Wildman–Crippen LogP) is 0.643. The van der Waals surface area contributed by atoms with Gasteiger partial charge in [-0.15, -0.1) is 0 Å². The maximum absolute atomic E-state index is 11.7. The fourth-order valence-corrected chi connectivity index (χ4v) is 1.51. The van der Waals surface area contributed by atoms with Gasteiger partial charge in [0.1, 0.15) is 0 Å². The highest BCUT2D eigenvalue weighted by atomic mass is 16.5. The number of esters is 2. The Morgan fingerprint density at radius 2 is 1.35 bits per heavy atom. The number of ether oxygens (including phenoxy) is 2. The second-order valence-corrected chi connectivity index (χ2v) is 3.71. The van der Waals surface area contributed by atoms with E-state index in [0.717, 1.165) is 0 Å². The van der Waals surface area contributed by atoms with Crippen LogP contribution in [0.2, 0.25) is 0 Å². The summed E-state index contributed by atoms with van der Waals surface area (Å²) in [5.41, 5.74) is 2.16. The van der Waals surface area contributed by atoms with Gasteiger partial charge < -0.3 is 9.47 Å². The summed E-state index contributed by atoms with van der Waals surface area (Å²) in [5.74, 6) is 3.15. The molecule has 3 N–H and O–H groups in total. The largest absolute Gasteiger partial charge is 0.462 e. The minimum Gasteiger partial charge on any atom is -0.462 e. The number of amides is 1. The second kappa shape index (κ2) is 7.25. The van der Waals surface area contributed by atoms with E-state index in [2.05, 4.69) is 0 Å². The van der Waals surface area contributed by atoms with Crippen molar-refractivity contribution in [3.63, 3.8) is 0 Å². The molecule has 0 aliphatic heterocycles. The van der Waals surface area contributed by atoms with Crippen LogP contribution in [0.5, 0.6) is 0 Å². The lowest BCUT2D eigenvalue weighted by molar-refractivity contribution is 0.0525. The Balaban J connectivity index is 3.24. The van der Waals surface area contributed by atoms with Crippen LogP contribution < -0.4 is 11.3 Å². The summed E-state index contributed by atoms with van der Waals surface area (Å²) in [5, 5.41) is 0. The summed E-state index contributed by atoms with van der Waals surface area (Å²) < 4.78 is 9.67. The third-order valence-corrected chi connectivity index (χ3v) is 2.35. The molecule has 0 aliphatic carbocycles. The number of carbonyl (C=O) groups excluding carboxylic acids is 3. The molecule has 20 heavy (non-hydrogen) atoms. The Bertz CT molecular complexity index is 491. The maximum atomic E-state index is 11.7. The van der Waals surface area contributed by atoms with E-state index in [1.807, 2.05) is 5.43 Å². The number of nitrogens with two attached hydrogens (primary N) is 1. The van der Waals surface area contributed by atoms with Gasteiger partial charge in [-0.1, -0.05) is 0 Å². The highest BCUT2D eigenvalue weighted by molar-refractivity contribution is 6.01. The molecule has 0 unspecified atom stereocenters. The first-order valence-electron chi connectivity index (χ1n) is 6.03. The third kappa shape index (κ3) is 3.79. The summed E-state index contributed by atoms with van der Waals surface area (Å²) in [7, 11) is 0. The molecule has 0 saturated heterocycles. The highest BCUT2D eigenvalue weighted by Gasteiger charge is 2.17. The molecule has 1 rings (SSSR count). The molecule has 1 aromatic carbocycles. The fraction of sp³-hybridized carbons (Fsp3) is 0.308. The second-order valence-electron chi connectivity index (χ2n) is 3.71. The van der Waals surface area contributed by atoms with Crippen LogP contribution in [0, 0.1) is 0 Å². The van der Waals surface area contributed by atoms with E-state index in [0.29, 0.717) is 0 Å². The average Bonchev–Trinajstić information content (AvgIpc) is 2.46. The zero-order chi connectivity index (χ0) is 15.1. The summed E-state index contributed by atoms with van der Waals surface area (Å²) in [6, 6.07) is 3.90. The highest BCUT2D eigenvalue weighted by Crippen LogP contribution is 2.13. The Labute approximate surface area is 116 Å². The molecule has 0 atom stereocenters. The summed E-state index contributed by atoms with van der Waals surface area (Å²) in [6.07, 6.45) is 0. The third-order valence-electron chi connectivity index (χ3n) is 2.35. The predicted molar refractivity (Wildman–Crippen MR) is 70.0 cm³/mol. The number of rotatable bonds is 5. The van der Waals surface area contributed by atoms with E-state index in [4.69, 9.17) is 15.3 Å². The van der Waals surface area contributed by atoms with E-state index in [9.17, 15) is 14.4 Å². The fourth-order valence-electron chi connectivity index (χ4n) is 1.51. The van der Waals surface area contributed by atoms with Gasteiger partial charge in [0.15, 0.2) is 0 Å². The molecule has 0 bridgehead atoms. The Morgan fingerprint density at radius 1 is 0.950 bits per heavy atom. The lowest BCUT2D eigenvalue weighted by Gasteiger charge is -2.08. The summed E-state index contributed by atoms with van der Waals surface area (Å²) >= 11 is 0. The molecule has 1 aromatic rings. The molecule has 0 heterocycles. The monoisotopic (exact) mass is 280 g/mol. The van der Waals surface area contributed by atoms with Crippen LogP contribution in [0.4, 0.5) is 0 Å². The van der Waals surface area contributed by atoms with Crippen LogP contribution in [-0.2, 0) is 9.47 Å². The van der Waals surface area contributed by atoms with Crippen LogP contribution >= 0.6 is 0 Å². The molecule has 1 amide bonds. The van der Waals surface area contributed by atoms with Gasteiger partial charge in [-0.2, -0.15) is 0 Å². The SMILES string of the molecule is CCOC(=O)c1cc(C(=O)NN)cc(C(=O)OCC)c1. The first-order valence-corrected chi connectivity index (χ1v) is 6.03. The topological polar surface area (TPSA) is 108 Å². The van der Waals surface area contributed by atoms with E-state index >= 15 is 0 Å². The number of nitrogen functional groups attached to an aromatic ring is 1. The Morgan fingerprint density at radius 3 is 1.70 bits per heavy atom. The van der Waals surface area contributed by atoms with Crippen molar-refractivity contribution < 1.29 is 23.9 Å². The van der Waals surface area contributed by atoms with Gasteiger partial charge in [0.2, 0.25) is 0 Å². The van der Waals surface area contributed by atoms with E-state index in [1.165, 1.54) is 18.2 Å². The van der Waals surface area contributed by atoms with Crippen LogP contribution in [0.15, 0.2) is 18.2 Å². The van der Waals surface area contributed by atoms with Crippen molar-refractivity contribution in [1.29, 1.82) is 0 Å². The van der Waals surface area contributed by atoms with Crippen LogP contribution in [-0.4, -0.2) is 31.1 Å². The molecule has 0 aromatic heterocycles. The lowest BCUT2D eigenvalue weighted by Crippen LogP contribution is -2.30. The summed E-state index contributed by atoms with van der Waals surface area (Å²) in [4.78, 5) is 34.9. The molecule has 0 fully saturated rings. The number of hydrogen-bond acceptors (Lipinski definition) is 6. The zero-order valence-corrected chi connectivity index (χ0v) is 11.3. The quantitative estimate of drug-likeness (QED) is 0.355. The molecule has 108 valence electrons. The van der Waals surface area contributed by atoms with E-state index < -0.39 is 17.8 Å². The Kier molecular flexibility index (Phi) is 5.67. The zero-order valence-electron chi connectivity index (χ0n) is 11.3. The molecule has 7 nitrogen and oxygen atoms in total. The Hall–Kier alpha value is -2.41. The minimum atomic E-state index is -0.635. The van der Waals surface area contributed by atoms with Crippen molar-refractivity contribution >= 4 is 17.8 Å². The van der Waals surface area contributed by atoms with Crippen molar-refractivity contribution in [3.05, 3.63) is 34.9 Å². The normalized spacial score (nSPS) is 9.75. The lowest BCUT2D eigenvalue weighted by atomic mass is 10.1. The first kappa shape index (κ1) is 15.6. The van der Waals surface area contributed by atoms with Gasteiger partial charge in [-0.05, 0) is 32.0 Å².